The number of urea groups is 1. The number of nitrogens with zero attached hydrogens (tertiary/aromatic N) is 2. The van der Waals surface area contributed by atoms with Crippen molar-refractivity contribution in [2.24, 2.45) is 0 Å². The van der Waals surface area contributed by atoms with Crippen LogP contribution in [0.15, 0.2) is 40.6 Å². The molecule has 1 fully saturated rings. The summed E-state index contributed by atoms with van der Waals surface area (Å²) in [6.45, 7) is 7.53. The minimum atomic E-state index is -0.639. The van der Waals surface area contributed by atoms with E-state index in [0.717, 1.165) is 5.56 Å². The van der Waals surface area contributed by atoms with Gasteiger partial charge in [-0.05, 0) is 44.4 Å². The van der Waals surface area contributed by atoms with Gasteiger partial charge in [-0.2, -0.15) is 0 Å². The molecule has 166 valence electrons. The average molecular weight is 472 g/mol. The Morgan fingerprint density at radius 3 is 2.88 bits per heavy atom. The van der Waals surface area contributed by atoms with Crippen LogP contribution in [0.3, 0.4) is 0 Å². The highest BCUT2D eigenvalue weighted by Crippen LogP contribution is 2.26. The van der Waals surface area contributed by atoms with Gasteiger partial charge >= 0.3 is 6.03 Å². The van der Waals surface area contributed by atoms with Crippen molar-refractivity contribution < 1.29 is 9.59 Å². The Morgan fingerprint density at radius 1 is 1.38 bits per heavy atom. The summed E-state index contributed by atoms with van der Waals surface area (Å²) < 4.78 is 1.44. The lowest BCUT2D eigenvalue weighted by molar-refractivity contribution is -0.124. The topological polar surface area (TPSA) is 105 Å². The van der Waals surface area contributed by atoms with Gasteiger partial charge in [0.2, 0.25) is 5.91 Å². The average Bonchev–Trinajstić information content (AvgIpc) is 3.13. The number of carbonyl (C=O) groups is 2. The maximum atomic E-state index is 13.3. The zero-order chi connectivity index (χ0) is 23.0. The van der Waals surface area contributed by atoms with Crippen LogP contribution in [-0.4, -0.2) is 21.5 Å². The molecule has 1 aliphatic heterocycles. The Kier molecular flexibility index (Phi) is 6.03. The van der Waals surface area contributed by atoms with Gasteiger partial charge in [0, 0.05) is 26.7 Å². The van der Waals surface area contributed by atoms with Crippen LogP contribution in [0.25, 0.3) is 10.9 Å². The maximum absolute atomic E-state index is 13.3. The molecule has 3 amide bonds. The van der Waals surface area contributed by atoms with E-state index >= 15 is 0 Å². The number of rotatable bonds is 4. The minimum Gasteiger partial charge on any atom is -0.333 e. The number of fused-ring (bicyclic) bond motifs is 1. The number of amides is 3. The van der Waals surface area contributed by atoms with Gasteiger partial charge in [0.25, 0.3) is 5.56 Å². The van der Waals surface area contributed by atoms with Crippen LogP contribution in [0.5, 0.6) is 0 Å². The number of piperidine rings is 1. The summed E-state index contributed by atoms with van der Waals surface area (Å²) in [6.07, 6.45) is 1.08. The molecule has 3 aromatic rings. The van der Waals surface area contributed by atoms with Crippen molar-refractivity contribution >= 4 is 51.5 Å². The molecule has 10 heteroatoms. The normalized spacial score (nSPS) is 16.2. The van der Waals surface area contributed by atoms with Crippen LogP contribution in [0, 0.1) is 13.8 Å². The van der Waals surface area contributed by atoms with Crippen LogP contribution < -0.4 is 21.5 Å². The lowest BCUT2D eigenvalue weighted by atomic mass is 10.0. The molecule has 0 aliphatic carbocycles. The number of aryl methyl sites for hydroxylation is 2. The van der Waals surface area contributed by atoms with Gasteiger partial charge < -0.3 is 16.0 Å². The summed E-state index contributed by atoms with van der Waals surface area (Å²) in [5, 5.41) is 11.0. The SMILES string of the molecule is C=C1CCC(n2c(C)nc3csc(CNC(=O)Nc4ccc(C)c(Cl)c4)c3c2=O)C(=O)N1. The number of nitrogens with one attached hydrogen (secondary N) is 3. The minimum absolute atomic E-state index is 0.146. The molecule has 1 aromatic carbocycles. The number of allylic oxidation sites excluding steroid dienone is 1. The molecule has 0 saturated carbocycles. The number of hydrogen-bond donors (Lipinski definition) is 3. The summed E-state index contributed by atoms with van der Waals surface area (Å²) in [5.74, 6) is 0.208. The smallest absolute Gasteiger partial charge is 0.319 e. The second-order valence-corrected chi connectivity index (χ2v) is 9.04. The molecule has 0 radical (unpaired) electrons. The van der Waals surface area contributed by atoms with Gasteiger partial charge in [-0.25, -0.2) is 9.78 Å². The molecule has 8 nitrogen and oxygen atoms in total. The number of benzene rings is 1. The molecule has 1 atom stereocenters. The van der Waals surface area contributed by atoms with Crippen LogP contribution in [0.1, 0.15) is 35.1 Å². The molecular weight excluding hydrogens is 450 g/mol. The maximum Gasteiger partial charge on any atom is 0.319 e. The number of anilines is 1. The molecule has 4 rings (SSSR count). The van der Waals surface area contributed by atoms with Crippen molar-refractivity contribution in [3.05, 3.63) is 67.5 Å². The predicted molar refractivity (Wildman–Crippen MR) is 126 cm³/mol. The Balaban J connectivity index is 1.56. The van der Waals surface area contributed by atoms with E-state index in [1.807, 2.05) is 13.0 Å². The van der Waals surface area contributed by atoms with Gasteiger partial charge in [0.15, 0.2) is 0 Å². The van der Waals surface area contributed by atoms with Crippen molar-refractivity contribution in [3.8, 4) is 0 Å². The number of aromatic nitrogens is 2. The van der Waals surface area contributed by atoms with Crippen molar-refractivity contribution in [1.82, 2.24) is 20.2 Å². The van der Waals surface area contributed by atoms with Crippen LogP contribution in [-0.2, 0) is 11.3 Å². The lowest BCUT2D eigenvalue weighted by Gasteiger charge is -2.26. The van der Waals surface area contributed by atoms with Gasteiger partial charge in [0.1, 0.15) is 11.9 Å². The standard InChI is InChI=1S/C22H22ClN5O3S/c1-11-4-6-14(8-15(11)23)27-22(31)24-9-18-19-16(10-32-18)26-13(3)28(21(19)30)17-7-5-12(2)25-20(17)29/h4,6,8,10,17H,2,5,7,9H2,1,3H3,(H,25,29)(H2,24,27,31). The van der Waals surface area contributed by atoms with Crippen molar-refractivity contribution in [3.63, 3.8) is 0 Å². The molecule has 1 saturated heterocycles. The third-order valence-electron chi connectivity index (χ3n) is 5.38. The van der Waals surface area contributed by atoms with E-state index < -0.39 is 12.1 Å². The first-order chi connectivity index (χ1) is 15.2. The highest BCUT2D eigenvalue weighted by atomic mass is 35.5. The fourth-order valence-electron chi connectivity index (χ4n) is 3.71. The fraction of sp³-hybridized carbons (Fsp3) is 0.273. The van der Waals surface area contributed by atoms with E-state index in [9.17, 15) is 14.4 Å². The van der Waals surface area contributed by atoms with Crippen molar-refractivity contribution in [1.29, 1.82) is 0 Å². The third-order valence-corrected chi connectivity index (χ3v) is 6.77. The molecule has 1 aliphatic rings. The van der Waals surface area contributed by atoms with Gasteiger partial charge in [-0.1, -0.05) is 24.2 Å². The van der Waals surface area contributed by atoms with Crippen LogP contribution in [0.2, 0.25) is 5.02 Å². The molecule has 0 bridgehead atoms. The first kappa shape index (κ1) is 22.0. The summed E-state index contributed by atoms with van der Waals surface area (Å²) in [6, 6.07) is 4.19. The molecular formula is C22H22ClN5O3S. The molecule has 3 heterocycles. The van der Waals surface area contributed by atoms with E-state index in [2.05, 4.69) is 27.5 Å². The van der Waals surface area contributed by atoms with E-state index in [-0.39, 0.29) is 18.0 Å². The summed E-state index contributed by atoms with van der Waals surface area (Å²) in [7, 11) is 0. The van der Waals surface area contributed by atoms with Gasteiger partial charge in [-0.3, -0.25) is 14.2 Å². The van der Waals surface area contributed by atoms with Gasteiger partial charge in [0.05, 0.1) is 17.4 Å². The van der Waals surface area contributed by atoms with Crippen molar-refractivity contribution in [2.75, 3.05) is 5.32 Å². The first-order valence-electron chi connectivity index (χ1n) is 10.0. The highest BCUT2D eigenvalue weighted by Gasteiger charge is 2.29. The van der Waals surface area contributed by atoms with E-state index in [0.29, 0.717) is 50.9 Å². The second-order valence-electron chi connectivity index (χ2n) is 7.67. The highest BCUT2D eigenvalue weighted by molar-refractivity contribution is 7.11. The monoisotopic (exact) mass is 471 g/mol. The fourth-order valence-corrected chi connectivity index (χ4v) is 4.78. The van der Waals surface area contributed by atoms with E-state index in [1.54, 1.807) is 24.4 Å². The molecule has 32 heavy (non-hydrogen) atoms. The second kappa shape index (κ2) is 8.76. The number of hydrogen-bond acceptors (Lipinski definition) is 5. The van der Waals surface area contributed by atoms with Crippen LogP contribution >= 0.6 is 22.9 Å². The van der Waals surface area contributed by atoms with E-state index in [4.69, 9.17) is 11.6 Å². The summed E-state index contributed by atoms with van der Waals surface area (Å²) >= 11 is 7.44. The Morgan fingerprint density at radius 2 is 2.16 bits per heavy atom. The Bertz CT molecular complexity index is 1310. The quantitative estimate of drug-likeness (QED) is 0.534. The number of thiophene rings is 1. The first-order valence-corrected chi connectivity index (χ1v) is 11.3. The summed E-state index contributed by atoms with van der Waals surface area (Å²) in [4.78, 5) is 43.4. The zero-order valence-corrected chi connectivity index (χ0v) is 19.2. The number of halogens is 1. The van der Waals surface area contributed by atoms with Gasteiger partial charge in [-0.15, -0.1) is 11.3 Å². The Labute approximate surface area is 193 Å². The van der Waals surface area contributed by atoms with E-state index in [1.165, 1.54) is 15.9 Å². The molecule has 1 unspecified atom stereocenters. The lowest BCUT2D eigenvalue weighted by Crippen LogP contribution is -2.41. The third kappa shape index (κ3) is 4.26. The largest absolute Gasteiger partial charge is 0.333 e. The molecule has 3 N–H and O–H groups in total. The molecule has 2 aromatic heterocycles. The van der Waals surface area contributed by atoms with Crippen molar-refractivity contribution in [2.45, 2.75) is 39.3 Å². The molecule has 0 spiro atoms. The Hall–Kier alpha value is -3.17. The summed E-state index contributed by atoms with van der Waals surface area (Å²) in [5.41, 5.74) is 2.39. The number of carbonyl (C=O) groups excluding carboxylic acids is 2. The van der Waals surface area contributed by atoms with Crippen LogP contribution in [0.4, 0.5) is 10.5 Å². The predicted octanol–water partition coefficient (Wildman–Crippen LogP) is 4.01. The zero-order valence-electron chi connectivity index (χ0n) is 17.6.